The molecule has 0 spiro atoms. The molecule has 1 aromatic rings. The molecular formula is C14H18N2O2. The molecule has 96 valence electrons. The van der Waals surface area contributed by atoms with Crippen LogP contribution in [-0.2, 0) is 0 Å². The van der Waals surface area contributed by atoms with Crippen molar-refractivity contribution in [1.29, 1.82) is 0 Å². The summed E-state index contributed by atoms with van der Waals surface area (Å²) in [5, 5.41) is 13.2. The van der Waals surface area contributed by atoms with E-state index in [0.29, 0.717) is 5.56 Å². The lowest BCUT2D eigenvalue weighted by molar-refractivity contribution is 0.0697. The first-order valence-electron chi connectivity index (χ1n) is 6.30. The van der Waals surface area contributed by atoms with Gasteiger partial charge in [-0.1, -0.05) is 6.92 Å². The molecule has 0 saturated heterocycles. The summed E-state index contributed by atoms with van der Waals surface area (Å²) in [5.74, 6) is -0.104. The van der Waals surface area contributed by atoms with Crippen LogP contribution in [0.1, 0.15) is 43.0 Å². The van der Waals surface area contributed by atoms with Crippen molar-refractivity contribution in [1.82, 2.24) is 0 Å². The van der Waals surface area contributed by atoms with Crippen LogP contribution in [0.15, 0.2) is 29.4 Å². The van der Waals surface area contributed by atoms with E-state index >= 15 is 0 Å². The van der Waals surface area contributed by atoms with E-state index in [1.54, 1.807) is 24.3 Å². The fourth-order valence-electron chi connectivity index (χ4n) is 2.04. The summed E-state index contributed by atoms with van der Waals surface area (Å²) >= 11 is 0. The summed E-state index contributed by atoms with van der Waals surface area (Å²) in [6.45, 7) is 2.27. The molecule has 2 rings (SSSR count). The number of rotatable bonds is 3. The number of hydrogen-bond donors (Lipinski definition) is 2. The third-order valence-electron chi connectivity index (χ3n) is 3.33. The molecule has 0 bridgehead atoms. The second-order valence-electron chi connectivity index (χ2n) is 4.85. The van der Waals surface area contributed by atoms with Gasteiger partial charge in [-0.05, 0) is 55.9 Å². The third-order valence-corrected chi connectivity index (χ3v) is 3.33. The summed E-state index contributed by atoms with van der Waals surface area (Å²) in [6.07, 6.45) is 4.53. The lowest BCUT2D eigenvalue weighted by Gasteiger charge is -2.18. The molecule has 1 aromatic carbocycles. The molecule has 1 aliphatic carbocycles. The second-order valence-corrected chi connectivity index (χ2v) is 4.85. The minimum atomic E-state index is -0.908. The minimum absolute atomic E-state index is 0.291. The van der Waals surface area contributed by atoms with Crippen molar-refractivity contribution in [3.8, 4) is 0 Å². The standard InChI is InChI=1S/C14H18N2O2/c1-10-2-6-12(7-3-10)15-16-13-8-4-11(5-9-13)14(17)18/h4-5,8-10,16H,2-3,6-7H2,1H3,(H,17,18). The van der Waals surface area contributed by atoms with Gasteiger partial charge in [0.15, 0.2) is 0 Å². The van der Waals surface area contributed by atoms with Gasteiger partial charge in [0.05, 0.1) is 11.3 Å². The van der Waals surface area contributed by atoms with Crippen LogP contribution < -0.4 is 5.43 Å². The van der Waals surface area contributed by atoms with Crippen LogP contribution in [0.4, 0.5) is 5.69 Å². The van der Waals surface area contributed by atoms with E-state index in [1.165, 1.54) is 18.6 Å². The van der Waals surface area contributed by atoms with Crippen molar-refractivity contribution in [3.63, 3.8) is 0 Å². The molecule has 0 aliphatic heterocycles. The molecule has 0 aromatic heterocycles. The minimum Gasteiger partial charge on any atom is -0.478 e. The van der Waals surface area contributed by atoms with Crippen LogP contribution in [0, 0.1) is 5.92 Å². The van der Waals surface area contributed by atoms with E-state index in [-0.39, 0.29) is 0 Å². The number of anilines is 1. The van der Waals surface area contributed by atoms with Gasteiger partial charge in [-0.25, -0.2) is 4.79 Å². The number of nitrogens with one attached hydrogen (secondary N) is 1. The number of carboxylic acids is 1. The van der Waals surface area contributed by atoms with Crippen molar-refractivity contribution in [2.24, 2.45) is 11.0 Å². The number of hydrogen-bond acceptors (Lipinski definition) is 3. The Morgan fingerprint density at radius 2 is 1.89 bits per heavy atom. The molecule has 18 heavy (non-hydrogen) atoms. The van der Waals surface area contributed by atoms with Gasteiger partial charge < -0.3 is 5.11 Å². The van der Waals surface area contributed by atoms with Crippen LogP contribution in [0.3, 0.4) is 0 Å². The molecule has 1 fully saturated rings. The number of hydrazone groups is 1. The fourth-order valence-corrected chi connectivity index (χ4v) is 2.04. The second kappa shape index (κ2) is 5.67. The molecule has 2 N–H and O–H groups in total. The number of carbonyl (C=O) groups is 1. The Bertz CT molecular complexity index is 441. The first-order chi connectivity index (χ1) is 8.65. The van der Waals surface area contributed by atoms with Crippen molar-refractivity contribution in [3.05, 3.63) is 29.8 Å². The molecule has 0 atom stereocenters. The lowest BCUT2D eigenvalue weighted by Crippen LogP contribution is -2.13. The number of benzene rings is 1. The van der Waals surface area contributed by atoms with Gasteiger partial charge in [0.2, 0.25) is 0 Å². The highest BCUT2D eigenvalue weighted by Gasteiger charge is 2.13. The molecule has 0 unspecified atom stereocenters. The van der Waals surface area contributed by atoms with Crippen molar-refractivity contribution >= 4 is 17.4 Å². The van der Waals surface area contributed by atoms with E-state index in [9.17, 15) is 4.79 Å². The predicted octanol–water partition coefficient (Wildman–Crippen LogP) is 3.36. The fraction of sp³-hybridized carbons (Fsp3) is 0.429. The highest BCUT2D eigenvalue weighted by Crippen LogP contribution is 2.21. The normalized spacial score (nSPS) is 19.4. The first-order valence-corrected chi connectivity index (χ1v) is 6.30. The maximum atomic E-state index is 10.7. The summed E-state index contributed by atoms with van der Waals surface area (Å²) < 4.78 is 0. The van der Waals surface area contributed by atoms with E-state index in [4.69, 9.17) is 5.11 Å². The van der Waals surface area contributed by atoms with Crippen LogP contribution in [0.5, 0.6) is 0 Å². The Kier molecular flexibility index (Phi) is 3.97. The van der Waals surface area contributed by atoms with Crippen LogP contribution in [-0.4, -0.2) is 16.8 Å². The summed E-state index contributed by atoms with van der Waals surface area (Å²) in [5.41, 5.74) is 5.31. The van der Waals surface area contributed by atoms with Gasteiger partial charge in [0, 0.05) is 5.71 Å². The maximum Gasteiger partial charge on any atom is 0.335 e. The Hall–Kier alpha value is -1.84. The molecule has 4 nitrogen and oxygen atoms in total. The summed E-state index contributed by atoms with van der Waals surface area (Å²) in [7, 11) is 0. The Balaban J connectivity index is 1.93. The van der Waals surface area contributed by atoms with Crippen LogP contribution in [0.2, 0.25) is 0 Å². The van der Waals surface area contributed by atoms with Gasteiger partial charge in [0.25, 0.3) is 0 Å². The van der Waals surface area contributed by atoms with Crippen molar-refractivity contribution in [2.75, 3.05) is 5.43 Å². The number of nitrogens with zero attached hydrogens (tertiary/aromatic N) is 1. The number of carboxylic acid groups (broad SMARTS) is 1. The quantitative estimate of drug-likeness (QED) is 0.804. The molecule has 1 aliphatic rings. The van der Waals surface area contributed by atoms with Crippen molar-refractivity contribution < 1.29 is 9.90 Å². The maximum absolute atomic E-state index is 10.7. The largest absolute Gasteiger partial charge is 0.478 e. The van der Waals surface area contributed by atoms with Gasteiger partial charge in [-0.15, -0.1) is 0 Å². The van der Waals surface area contributed by atoms with Gasteiger partial charge >= 0.3 is 5.97 Å². The highest BCUT2D eigenvalue weighted by molar-refractivity contribution is 5.88. The Labute approximate surface area is 107 Å². The topological polar surface area (TPSA) is 61.7 Å². The van der Waals surface area contributed by atoms with Crippen LogP contribution in [0.25, 0.3) is 0 Å². The Morgan fingerprint density at radius 3 is 2.44 bits per heavy atom. The van der Waals surface area contributed by atoms with E-state index < -0.39 is 5.97 Å². The van der Waals surface area contributed by atoms with Gasteiger partial charge in [-0.2, -0.15) is 5.10 Å². The monoisotopic (exact) mass is 246 g/mol. The average molecular weight is 246 g/mol. The zero-order chi connectivity index (χ0) is 13.0. The van der Waals surface area contributed by atoms with E-state index in [0.717, 1.165) is 24.4 Å². The molecular weight excluding hydrogens is 228 g/mol. The first kappa shape index (κ1) is 12.6. The smallest absolute Gasteiger partial charge is 0.335 e. The number of aromatic carboxylic acids is 1. The highest BCUT2D eigenvalue weighted by atomic mass is 16.4. The van der Waals surface area contributed by atoms with E-state index in [1.807, 2.05) is 0 Å². The average Bonchev–Trinajstić information content (AvgIpc) is 2.38. The lowest BCUT2D eigenvalue weighted by atomic mass is 9.90. The SMILES string of the molecule is CC1CCC(=NNc2ccc(C(=O)O)cc2)CC1. The molecule has 0 amide bonds. The molecule has 0 radical (unpaired) electrons. The van der Waals surface area contributed by atoms with Gasteiger partial charge in [0.1, 0.15) is 0 Å². The molecule has 4 heteroatoms. The summed E-state index contributed by atoms with van der Waals surface area (Å²) in [6, 6.07) is 6.62. The van der Waals surface area contributed by atoms with Gasteiger partial charge in [-0.3, -0.25) is 5.43 Å². The summed E-state index contributed by atoms with van der Waals surface area (Å²) in [4.78, 5) is 10.7. The Morgan fingerprint density at radius 1 is 1.28 bits per heavy atom. The van der Waals surface area contributed by atoms with E-state index in [2.05, 4.69) is 17.5 Å². The third kappa shape index (κ3) is 3.32. The molecule has 1 saturated carbocycles. The predicted molar refractivity (Wildman–Crippen MR) is 72.1 cm³/mol. The molecule has 0 heterocycles. The van der Waals surface area contributed by atoms with Crippen molar-refractivity contribution in [2.45, 2.75) is 32.6 Å². The zero-order valence-corrected chi connectivity index (χ0v) is 10.5. The van der Waals surface area contributed by atoms with Crippen LogP contribution >= 0.6 is 0 Å². The zero-order valence-electron chi connectivity index (χ0n) is 10.5.